The van der Waals surface area contributed by atoms with Crippen molar-refractivity contribution < 1.29 is 27.6 Å². The first-order valence-corrected chi connectivity index (χ1v) is 18.2. The van der Waals surface area contributed by atoms with Crippen LogP contribution in [0.4, 0.5) is 0 Å². The summed E-state index contributed by atoms with van der Waals surface area (Å²) in [6.45, 7) is 1.67. The van der Waals surface area contributed by atoms with E-state index in [1.165, 1.54) is 17.5 Å². The molecule has 3 amide bonds. The Hall–Kier alpha value is -4.89. The van der Waals surface area contributed by atoms with Gasteiger partial charge in [-0.1, -0.05) is 43.3 Å². The van der Waals surface area contributed by atoms with Gasteiger partial charge in [0, 0.05) is 66.6 Å². The Balaban J connectivity index is 1.24. The molecule has 1 saturated heterocycles. The highest BCUT2D eigenvalue weighted by molar-refractivity contribution is 7.91. The molecule has 0 bridgehead atoms. The van der Waals surface area contributed by atoms with Gasteiger partial charge in [-0.2, -0.15) is 0 Å². The zero-order valence-electron chi connectivity index (χ0n) is 26.3. The molecule has 252 valence electrons. The molecular weight excluding hydrogens is 655 g/mol. The number of carbonyl (C=O) groups excluding carboxylic acids is 4. The van der Waals surface area contributed by atoms with E-state index in [0.717, 1.165) is 16.5 Å². The largest absolute Gasteiger partial charge is 0.361 e. The standard InChI is InChI=1S/C33H37N7O6S2/c1-2-28(41)39-27(17-21-6-5-7-22(16-21)31(34)40-11-14-48(45,46)15-12-40)32(44)37-20-29(42)38-26(30(43)33-35-10-13-47-33)18-23-19-36-25-9-4-3-8-24(23)25/h3-10,13,16,19,26-27,34,36H,2,11-12,14-15,17-18,20H2,1H3,(H,37,44)(H,38,42)(H,39,41). The number of amides is 3. The van der Waals surface area contributed by atoms with Crippen LogP contribution >= 0.6 is 11.3 Å². The van der Waals surface area contributed by atoms with E-state index in [2.05, 4.69) is 25.9 Å². The van der Waals surface area contributed by atoms with Gasteiger partial charge in [-0.15, -0.1) is 11.3 Å². The Kier molecular flexibility index (Phi) is 11.0. The van der Waals surface area contributed by atoms with Crippen molar-refractivity contribution in [3.8, 4) is 0 Å². The molecule has 0 spiro atoms. The van der Waals surface area contributed by atoms with E-state index in [0.29, 0.717) is 11.1 Å². The lowest BCUT2D eigenvalue weighted by atomic mass is 10.0. The van der Waals surface area contributed by atoms with Crippen LogP contribution in [0.3, 0.4) is 0 Å². The number of hydrogen-bond acceptors (Lipinski definition) is 9. The summed E-state index contributed by atoms with van der Waals surface area (Å²) in [6.07, 6.45) is 3.75. The Labute approximate surface area is 281 Å². The van der Waals surface area contributed by atoms with E-state index in [9.17, 15) is 27.6 Å². The number of amidine groups is 1. The number of sulfone groups is 1. The smallest absolute Gasteiger partial charge is 0.243 e. The Morgan fingerprint density at radius 3 is 2.48 bits per heavy atom. The number of benzene rings is 2. The quantitative estimate of drug-likeness (QED) is 0.0796. The number of carbonyl (C=O) groups is 4. The number of ketones is 1. The van der Waals surface area contributed by atoms with Gasteiger partial charge in [0.1, 0.15) is 11.9 Å². The fourth-order valence-corrected chi connectivity index (χ4v) is 7.30. The van der Waals surface area contributed by atoms with E-state index < -0.39 is 40.3 Å². The van der Waals surface area contributed by atoms with Gasteiger partial charge in [0.15, 0.2) is 14.8 Å². The molecule has 5 N–H and O–H groups in total. The second-order valence-electron chi connectivity index (χ2n) is 11.5. The number of H-pyrrole nitrogens is 1. The average molecular weight is 692 g/mol. The van der Waals surface area contributed by atoms with E-state index in [4.69, 9.17) is 5.41 Å². The molecule has 13 nitrogen and oxygen atoms in total. The van der Waals surface area contributed by atoms with Crippen molar-refractivity contribution in [2.24, 2.45) is 0 Å². The van der Waals surface area contributed by atoms with Crippen LogP contribution < -0.4 is 16.0 Å². The van der Waals surface area contributed by atoms with Crippen molar-refractivity contribution in [2.45, 2.75) is 38.3 Å². The van der Waals surface area contributed by atoms with Crippen LogP contribution in [-0.2, 0) is 37.1 Å². The fraction of sp³-hybridized carbons (Fsp3) is 0.333. The monoisotopic (exact) mass is 691 g/mol. The molecule has 15 heteroatoms. The maximum absolute atomic E-state index is 13.4. The van der Waals surface area contributed by atoms with Gasteiger partial charge in [-0.05, 0) is 23.3 Å². The Morgan fingerprint density at radius 1 is 1.00 bits per heavy atom. The second-order valence-corrected chi connectivity index (χ2v) is 14.7. The molecule has 2 aromatic carbocycles. The molecule has 0 saturated carbocycles. The molecule has 0 radical (unpaired) electrons. The fourth-order valence-electron chi connectivity index (χ4n) is 5.47. The number of nitrogens with zero attached hydrogens (tertiary/aromatic N) is 2. The summed E-state index contributed by atoms with van der Waals surface area (Å²) in [6, 6.07) is 12.6. The second kappa shape index (κ2) is 15.3. The summed E-state index contributed by atoms with van der Waals surface area (Å²) in [5.41, 5.74) is 2.96. The van der Waals surface area contributed by atoms with E-state index in [1.807, 2.05) is 24.3 Å². The molecule has 48 heavy (non-hydrogen) atoms. The SMILES string of the molecule is CCC(=O)NC(Cc1cccc(C(=N)N2CCS(=O)(=O)CC2)c1)C(=O)NCC(=O)NC(Cc1c[nH]c2ccccc12)C(=O)c1nccs1. The molecular formula is C33H37N7O6S2. The van der Waals surface area contributed by atoms with Gasteiger partial charge in [-0.3, -0.25) is 24.6 Å². The van der Waals surface area contributed by atoms with Crippen molar-refractivity contribution in [1.29, 1.82) is 5.41 Å². The average Bonchev–Trinajstić information content (AvgIpc) is 3.77. The molecule has 2 aromatic heterocycles. The van der Waals surface area contributed by atoms with Gasteiger partial charge < -0.3 is 25.8 Å². The number of rotatable bonds is 13. The number of thiazole rings is 1. The van der Waals surface area contributed by atoms with Crippen LogP contribution in [0.5, 0.6) is 0 Å². The lowest BCUT2D eigenvalue weighted by molar-refractivity contribution is -0.130. The molecule has 2 unspecified atom stereocenters. The van der Waals surface area contributed by atoms with E-state index >= 15 is 0 Å². The van der Waals surface area contributed by atoms with Gasteiger partial charge in [-0.25, -0.2) is 13.4 Å². The first-order chi connectivity index (χ1) is 23.0. The molecule has 1 aliphatic heterocycles. The highest BCUT2D eigenvalue weighted by atomic mass is 32.2. The Bertz CT molecular complexity index is 1910. The summed E-state index contributed by atoms with van der Waals surface area (Å²) < 4.78 is 23.7. The van der Waals surface area contributed by atoms with Gasteiger partial charge >= 0.3 is 0 Å². The predicted molar refractivity (Wildman–Crippen MR) is 183 cm³/mol. The van der Waals surface area contributed by atoms with Gasteiger partial charge in [0.05, 0.1) is 24.1 Å². The van der Waals surface area contributed by atoms with Crippen molar-refractivity contribution in [3.05, 3.63) is 88.0 Å². The molecule has 0 aliphatic carbocycles. The van der Waals surface area contributed by atoms with Crippen molar-refractivity contribution in [3.63, 3.8) is 0 Å². The Morgan fingerprint density at radius 2 is 1.75 bits per heavy atom. The third-order valence-electron chi connectivity index (χ3n) is 8.09. The van der Waals surface area contributed by atoms with Crippen LogP contribution in [0, 0.1) is 5.41 Å². The highest BCUT2D eigenvalue weighted by Gasteiger charge is 2.28. The van der Waals surface area contributed by atoms with Crippen molar-refractivity contribution in [1.82, 2.24) is 30.8 Å². The van der Waals surface area contributed by atoms with Gasteiger partial charge in [0.2, 0.25) is 23.5 Å². The van der Waals surface area contributed by atoms with E-state index in [1.54, 1.807) is 47.7 Å². The lowest BCUT2D eigenvalue weighted by Crippen LogP contribution is -2.51. The van der Waals surface area contributed by atoms with Crippen LogP contribution in [0.15, 0.2) is 66.3 Å². The summed E-state index contributed by atoms with van der Waals surface area (Å²) in [4.78, 5) is 61.2. The minimum absolute atomic E-state index is 0.0171. The van der Waals surface area contributed by atoms with Crippen LogP contribution in [0.2, 0.25) is 0 Å². The van der Waals surface area contributed by atoms with Crippen LogP contribution in [0.25, 0.3) is 10.9 Å². The zero-order chi connectivity index (χ0) is 34.3. The maximum atomic E-state index is 13.4. The first-order valence-electron chi connectivity index (χ1n) is 15.5. The van der Waals surface area contributed by atoms with Crippen LogP contribution in [-0.4, -0.2) is 95.8 Å². The third-order valence-corrected chi connectivity index (χ3v) is 10.5. The van der Waals surface area contributed by atoms with Crippen molar-refractivity contribution >= 4 is 61.4 Å². The maximum Gasteiger partial charge on any atom is 0.243 e. The molecule has 2 atom stereocenters. The number of para-hydroxylation sites is 1. The number of Topliss-reactive ketones (excluding diaryl/α,β-unsaturated/α-hetero) is 1. The number of fused-ring (bicyclic) bond motifs is 1. The minimum atomic E-state index is -3.10. The molecule has 3 heterocycles. The lowest BCUT2D eigenvalue weighted by Gasteiger charge is -2.29. The van der Waals surface area contributed by atoms with Crippen molar-refractivity contribution in [2.75, 3.05) is 31.1 Å². The summed E-state index contributed by atoms with van der Waals surface area (Å²) in [7, 11) is -3.10. The van der Waals surface area contributed by atoms with Gasteiger partial charge in [0.25, 0.3) is 0 Å². The number of aromatic nitrogens is 2. The van der Waals surface area contributed by atoms with Crippen LogP contribution in [0.1, 0.15) is 39.8 Å². The minimum Gasteiger partial charge on any atom is -0.361 e. The number of hydrogen-bond donors (Lipinski definition) is 5. The molecule has 5 rings (SSSR count). The number of aromatic amines is 1. The molecule has 4 aromatic rings. The normalized spacial score (nSPS) is 15.3. The highest BCUT2D eigenvalue weighted by Crippen LogP contribution is 2.21. The third kappa shape index (κ3) is 8.72. The summed E-state index contributed by atoms with van der Waals surface area (Å²) in [5.74, 6) is -1.74. The topological polar surface area (TPSA) is 194 Å². The first kappa shape index (κ1) is 34.4. The summed E-state index contributed by atoms with van der Waals surface area (Å²) >= 11 is 1.17. The van der Waals surface area contributed by atoms with E-state index in [-0.39, 0.29) is 66.4 Å². The zero-order valence-corrected chi connectivity index (χ0v) is 28.0. The molecule has 1 aliphatic rings. The summed E-state index contributed by atoms with van der Waals surface area (Å²) in [5, 5.41) is 19.5. The number of nitrogens with one attached hydrogen (secondary N) is 5. The molecule has 1 fully saturated rings. The predicted octanol–water partition coefficient (Wildman–Crippen LogP) is 1.84.